The molecule has 1 atom stereocenters. The Kier molecular flexibility index (Phi) is 6.45. The third kappa shape index (κ3) is 4.98. The lowest BCUT2D eigenvalue weighted by atomic mass is 9.88. The summed E-state index contributed by atoms with van der Waals surface area (Å²) in [6.07, 6.45) is 0.733. The van der Waals surface area contributed by atoms with E-state index in [9.17, 15) is 18.8 Å². The van der Waals surface area contributed by atoms with Crippen LogP contribution in [0.4, 0.5) is 15.9 Å². The number of halogens is 1. The zero-order valence-electron chi connectivity index (χ0n) is 19.0. The van der Waals surface area contributed by atoms with Crippen molar-refractivity contribution in [2.75, 3.05) is 11.1 Å². The molecule has 0 aliphatic carbocycles. The van der Waals surface area contributed by atoms with E-state index in [4.69, 9.17) is 5.73 Å². The Hall–Kier alpha value is -4.01. The molecule has 0 saturated carbocycles. The molecule has 8 nitrogen and oxygen atoms in total. The number of nitrogens with one attached hydrogen (secondary N) is 2. The predicted molar refractivity (Wildman–Crippen MR) is 127 cm³/mol. The maximum atomic E-state index is 13.5. The molecule has 0 spiro atoms. The van der Waals surface area contributed by atoms with Gasteiger partial charge in [0.2, 0.25) is 11.8 Å². The Bertz CT molecular complexity index is 1330. The second-order valence-electron chi connectivity index (χ2n) is 8.56. The van der Waals surface area contributed by atoms with E-state index < -0.39 is 11.5 Å². The quantitative estimate of drug-likeness (QED) is 0.518. The van der Waals surface area contributed by atoms with E-state index in [0.29, 0.717) is 29.9 Å². The first-order valence-corrected chi connectivity index (χ1v) is 11.0. The minimum absolute atomic E-state index is 0.179. The molecule has 0 radical (unpaired) electrons. The minimum Gasteiger partial charge on any atom is -0.384 e. The van der Waals surface area contributed by atoms with Crippen molar-refractivity contribution in [2.45, 2.75) is 39.8 Å². The van der Waals surface area contributed by atoms with E-state index in [0.717, 1.165) is 16.8 Å². The Morgan fingerprint density at radius 3 is 2.76 bits per heavy atom. The molecule has 1 aliphatic heterocycles. The van der Waals surface area contributed by atoms with E-state index in [-0.39, 0.29) is 36.4 Å². The highest BCUT2D eigenvalue weighted by Crippen LogP contribution is 2.26. The summed E-state index contributed by atoms with van der Waals surface area (Å²) in [7, 11) is 0. The summed E-state index contributed by atoms with van der Waals surface area (Å²) in [6, 6.07) is 11.4. The van der Waals surface area contributed by atoms with Crippen LogP contribution in [0.3, 0.4) is 0 Å². The number of nitrogens with two attached hydrogens (primary N) is 1. The number of aryl methyl sites for hydroxylation is 2. The third-order valence-electron chi connectivity index (χ3n) is 6.04. The zero-order valence-corrected chi connectivity index (χ0v) is 19.0. The Labute approximate surface area is 196 Å². The van der Waals surface area contributed by atoms with Gasteiger partial charge in [-0.05, 0) is 67.6 Å². The van der Waals surface area contributed by atoms with Crippen LogP contribution in [0, 0.1) is 25.6 Å². The van der Waals surface area contributed by atoms with Crippen LogP contribution in [0.15, 0.2) is 47.3 Å². The van der Waals surface area contributed by atoms with Gasteiger partial charge in [0.25, 0.3) is 5.56 Å². The van der Waals surface area contributed by atoms with Crippen LogP contribution in [-0.4, -0.2) is 21.4 Å². The average molecular weight is 464 g/mol. The van der Waals surface area contributed by atoms with Gasteiger partial charge in [-0.3, -0.25) is 14.4 Å². The number of pyridine rings is 2. The predicted octanol–water partition coefficient (Wildman–Crippen LogP) is 2.25. The van der Waals surface area contributed by atoms with Crippen LogP contribution in [0.5, 0.6) is 0 Å². The SMILES string of the molecule is Cc1nc(N)ccc1CNC(=O)Cn1c(C)cc2c(c1=O)NC(=O)C(Cc1cccc(F)c1)C2. The highest BCUT2D eigenvalue weighted by molar-refractivity contribution is 5.95. The molecule has 9 heteroatoms. The second kappa shape index (κ2) is 9.46. The molecule has 2 amide bonds. The number of carbonyl (C=O) groups excluding carboxylic acids is 2. The van der Waals surface area contributed by atoms with Crippen LogP contribution in [-0.2, 0) is 35.5 Å². The van der Waals surface area contributed by atoms with Crippen molar-refractivity contribution in [3.05, 3.63) is 86.7 Å². The molecule has 1 aliphatic rings. The van der Waals surface area contributed by atoms with Gasteiger partial charge in [-0.25, -0.2) is 9.37 Å². The average Bonchev–Trinajstić information content (AvgIpc) is 2.77. The van der Waals surface area contributed by atoms with Crippen LogP contribution < -0.4 is 21.9 Å². The molecule has 176 valence electrons. The fraction of sp³-hybridized carbons (Fsp3) is 0.280. The molecule has 0 bridgehead atoms. The molecule has 3 aromatic rings. The van der Waals surface area contributed by atoms with E-state index in [1.54, 1.807) is 38.1 Å². The first-order valence-electron chi connectivity index (χ1n) is 11.0. The van der Waals surface area contributed by atoms with Gasteiger partial charge in [0.1, 0.15) is 23.9 Å². The Balaban J connectivity index is 1.48. The van der Waals surface area contributed by atoms with Crippen molar-refractivity contribution >= 4 is 23.3 Å². The topological polar surface area (TPSA) is 119 Å². The molecule has 1 aromatic carbocycles. The number of hydrogen-bond acceptors (Lipinski definition) is 5. The molecule has 1 unspecified atom stereocenters. The number of carbonyl (C=O) groups is 2. The number of fused-ring (bicyclic) bond motifs is 1. The molecule has 2 aromatic heterocycles. The number of anilines is 2. The van der Waals surface area contributed by atoms with Crippen molar-refractivity contribution in [1.29, 1.82) is 0 Å². The van der Waals surface area contributed by atoms with Crippen molar-refractivity contribution in [1.82, 2.24) is 14.9 Å². The fourth-order valence-corrected chi connectivity index (χ4v) is 4.21. The Morgan fingerprint density at radius 1 is 1.24 bits per heavy atom. The van der Waals surface area contributed by atoms with E-state index in [2.05, 4.69) is 15.6 Å². The van der Waals surface area contributed by atoms with Crippen LogP contribution >= 0.6 is 0 Å². The number of aromatic nitrogens is 2. The van der Waals surface area contributed by atoms with Crippen LogP contribution in [0.25, 0.3) is 0 Å². The molecule has 4 N–H and O–H groups in total. The molecular weight excluding hydrogens is 437 g/mol. The van der Waals surface area contributed by atoms with Crippen LogP contribution in [0.2, 0.25) is 0 Å². The first-order chi connectivity index (χ1) is 16.2. The number of benzene rings is 1. The normalized spacial score (nSPS) is 14.9. The van der Waals surface area contributed by atoms with Crippen molar-refractivity contribution in [2.24, 2.45) is 5.92 Å². The number of rotatable bonds is 6. The highest BCUT2D eigenvalue weighted by Gasteiger charge is 2.29. The molecule has 3 heterocycles. The van der Waals surface area contributed by atoms with Gasteiger partial charge in [0.05, 0.1) is 0 Å². The largest absolute Gasteiger partial charge is 0.384 e. The minimum atomic E-state index is -0.423. The van der Waals surface area contributed by atoms with Gasteiger partial charge in [0, 0.05) is 23.9 Å². The summed E-state index contributed by atoms with van der Waals surface area (Å²) in [4.78, 5) is 42.5. The van der Waals surface area contributed by atoms with Gasteiger partial charge in [-0.15, -0.1) is 0 Å². The smallest absolute Gasteiger partial charge is 0.275 e. The summed E-state index contributed by atoms with van der Waals surface area (Å²) in [5, 5.41) is 5.50. The lowest BCUT2D eigenvalue weighted by molar-refractivity contribution is -0.122. The summed E-state index contributed by atoms with van der Waals surface area (Å²) in [6.45, 7) is 3.64. The molecular formula is C25H26FN5O3. The standard InChI is InChI=1S/C25H26FN5O3/c1-14-8-18-11-19(9-16-4-3-5-20(26)10-16)24(33)30-23(18)25(34)31(14)13-22(32)28-12-17-6-7-21(27)29-15(17)2/h3-8,10,19H,9,11-13H2,1-2H3,(H2,27,29)(H,28,32)(H,30,33). The lowest BCUT2D eigenvalue weighted by Gasteiger charge is -2.26. The van der Waals surface area contributed by atoms with Gasteiger partial charge in [-0.2, -0.15) is 0 Å². The summed E-state index contributed by atoms with van der Waals surface area (Å²) < 4.78 is 14.9. The molecule has 4 rings (SSSR count). The fourth-order valence-electron chi connectivity index (χ4n) is 4.21. The second-order valence-corrected chi connectivity index (χ2v) is 8.56. The summed E-state index contributed by atoms with van der Waals surface area (Å²) in [5.74, 6) is -0.991. The molecule has 34 heavy (non-hydrogen) atoms. The first kappa shape index (κ1) is 23.2. The maximum Gasteiger partial charge on any atom is 0.275 e. The molecule has 0 saturated heterocycles. The Morgan fingerprint density at radius 2 is 2.03 bits per heavy atom. The van der Waals surface area contributed by atoms with Gasteiger partial charge in [0.15, 0.2) is 0 Å². The number of nitrogens with zero attached hydrogens (tertiary/aromatic N) is 2. The van der Waals surface area contributed by atoms with Gasteiger partial charge < -0.3 is 20.9 Å². The van der Waals surface area contributed by atoms with E-state index >= 15 is 0 Å². The molecule has 0 fully saturated rings. The number of amides is 2. The van der Waals surface area contributed by atoms with Crippen molar-refractivity contribution in [3.63, 3.8) is 0 Å². The van der Waals surface area contributed by atoms with E-state index in [1.165, 1.54) is 16.7 Å². The number of nitrogen functional groups attached to an aromatic ring is 1. The van der Waals surface area contributed by atoms with E-state index in [1.807, 2.05) is 6.07 Å². The van der Waals surface area contributed by atoms with Crippen molar-refractivity contribution in [3.8, 4) is 0 Å². The monoisotopic (exact) mass is 463 g/mol. The maximum absolute atomic E-state index is 13.5. The van der Waals surface area contributed by atoms with Gasteiger partial charge >= 0.3 is 0 Å². The highest BCUT2D eigenvalue weighted by atomic mass is 19.1. The van der Waals surface area contributed by atoms with Crippen molar-refractivity contribution < 1.29 is 14.0 Å². The summed E-state index contributed by atoms with van der Waals surface area (Å²) in [5.41, 5.74) is 9.02. The van der Waals surface area contributed by atoms with Crippen LogP contribution in [0.1, 0.15) is 28.1 Å². The lowest BCUT2D eigenvalue weighted by Crippen LogP contribution is -2.39. The summed E-state index contributed by atoms with van der Waals surface area (Å²) >= 11 is 0. The van der Waals surface area contributed by atoms with Gasteiger partial charge in [-0.1, -0.05) is 18.2 Å². The zero-order chi connectivity index (χ0) is 24.4. The third-order valence-corrected chi connectivity index (χ3v) is 6.04. The number of hydrogen-bond donors (Lipinski definition) is 3.